The number of hydrogen-bond acceptors (Lipinski definition) is 4. The van der Waals surface area contributed by atoms with Gasteiger partial charge in [0.25, 0.3) is 5.91 Å². The molecule has 2 saturated heterocycles. The average Bonchev–Trinajstić information content (AvgIpc) is 2.50. The molecular weight excluding hydrogens is 290 g/mol. The van der Waals surface area contributed by atoms with Crippen LogP contribution in [-0.2, 0) is 11.3 Å². The molecular formula is C18H27N3O2. The second kappa shape index (κ2) is 6.97. The van der Waals surface area contributed by atoms with Crippen molar-refractivity contribution in [2.24, 2.45) is 11.8 Å². The third-order valence-corrected chi connectivity index (χ3v) is 4.97. The summed E-state index contributed by atoms with van der Waals surface area (Å²) in [4.78, 5) is 21.5. The summed E-state index contributed by atoms with van der Waals surface area (Å²) in [6.45, 7) is 11.6. The van der Waals surface area contributed by atoms with Crippen molar-refractivity contribution >= 4 is 5.91 Å². The number of morpholine rings is 1. The summed E-state index contributed by atoms with van der Waals surface area (Å²) in [7, 11) is 0. The SMILES string of the molecule is CC(C)C1CN(Cc2cccc(C(=O)N3CCOCC3C)n2)C1. The molecule has 5 nitrogen and oxygen atoms in total. The van der Waals surface area contributed by atoms with Crippen LogP contribution in [0.1, 0.15) is 37.0 Å². The molecule has 3 rings (SSSR count). The second-order valence-corrected chi connectivity index (χ2v) is 7.13. The maximum Gasteiger partial charge on any atom is 0.272 e. The van der Waals surface area contributed by atoms with Gasteiger partial charge in [0.1, 0.15) is 5.69 Å². The van der Waals surface area contributed by atoms with E-state index in [0.717, 1.165) is 37.2 Å². The lowest BCUT2D eigenvalue weighted by molar-refractivity contribution is 0.00322. The van der Waals surface area contributed by atoms with Crippen LogP contribution in [0, 0.1) is 11.8 Å². The van der Waals surface area contributed by atoms with Crippen molar-refractivity contribution in [3.8, 4) is 0 Å². The van der Waals surface area contributed by atoms with Gasteiger partial charge in [0.05, 0.1) is 24.9 Å². The molecule has 0 radical (unpaired) electrons. The molecule has 5 heteroatoms. The van der Waals surface area contributed by atoms with Crippen LogP contribution in [0.25, 0.3) is 0 Å². The van der Waals surface area contributed by atoms with E-state index in [2.05, 4.69) is 23.7 Å². The fraction of sp³-hybridized carbons (Fsp3) is 0.667. The number of pyridine rings is 1. The number of carbonyl (C=O) groups is 1. The van der Waals surface area contributed by atoms with E-state index in [9.17, 15) is 4.79 Å². The number of aromatic nitrogens is 1. The Balaban J connectivity index is 1.62. The predicted molar refractivity (Wildman–Crippen MR) is 89.2 cm³/mol. The zero-order valence-electron chi connectivity index (χ0n) is 14.4. The van der Waals surface area contributed by atoms with Crippen LogP contribution in [0.4, 0.5) is 0 Å². The Bertz CT molecular complexity index is 555. The topological polar surface area (TPSA) is 45.7 Å². The molecule has 1 aromatic heterocycles. The van der Waals surface area contributed by atoms with E-state index in [1.807, 2.05) is 30.0 Å². The lowest BCUT2D eigenvalue weighted by Crippen LogP contribution is -2.48. The van der Waals surface area contributed by atoms with Crippen LogP contribution in [0.5, 0.6) is 0 Å². The first kappa shape index (κ1) is 16.4. The molecule has 0 aliphatic carbocycles. The van der Waals surface area contributed by atoms with Gasteiger partial charge in [0, 0.05) is 26.2 Å². The minimum absolute atomic E-state index is 0.0197. The average molecular weight is 317 g/mol. The van der Waals surface area contributed by atoms with E-state index in [1.165, 1.54) is 0 Å². The Labute approximate surface area is 138 Å². The summed E-state index contributed by atoms with van der Waals surface area (Å²) in [5, 5.41) is 0. The number of hydrogen-bond donors (Lipinski definition) is 0. The van der Waals surface area contributed by atoms with Crippen molar-refractivity contribution in [1.82, 2.24) is 14.8 Å². The van der Waals surface area contributed by atoms with E-state index in [-0.39, 0.29) is 11.9 Å². The van der Waals surface area contributed by atoms with Gasteiger partial charge in [-0.2, -0.15) is 0 Å². The fourth-order valence-electron chi connectivity index (χ4n) is 3.25. The van der Waals surface area contributed by atoms with Gasteiger partial charge in [0.15, 0.2) is 0 Å². The number of amides is 1. The van der Waals surface area contributed by atoms with E-state index in [4.69, 9.17) is 4.74 Å². The Hall–Kier alpha value is -1.46. The zero-order chi connectivity index (χ0) is 16.4. The molecule has 126 valence electrons. The molecule has 2 fully saturated rings. The number of likely N-dealkylation sites (tertiary alicyclic amines) is 1. The number of ether oxygens (including phenoxy) is 1. The van der Waals surface area contributed by atoms with E-state index >= 15 is 0 Å². The molecule has 0 spiro atoms. The van der Waals surface area contributed by atoms with Crippen molar-refractivity contribution in [1.29, 1.82) is 0 Å². The third-order valence-electron chi connectivity index (χ3n) is 4.97. The number of nitrogens with zero attached hydrogens (tertiary/aromatic N) is 3. The molecule has 23 heavy (non-hydrogen) atoms. The summed E-state index contributed by atoms with van der Waals surface area (Å²) < 4.78 is 5.40. The van der Waals surface area contributed by atoms with Crippen LogP contribution >= 0.6 is 0 Å². The number of rotatable bonds is 4. The van der Waals surface area contributed by atoms with Crippen molar-refractivity contribution < 1.29 is 9.53 Å². The highest BCUT2D eigenvalue weighted by molar-refractivity contribution is 5.92. The largest absolute Gasteiger partial charge is 0.377 e. The Kier molecular flexibility index (Phi) is 4.97. The summed E-state index contributed by atoms with van der Waals surface area (Å²) >= 11 is 0. The van der Waals surface area contributed by atoms with Gasteiger partial charge in [-0.15, -0.1) is 0 Å². The van der Waals surface area contributed by atoms with Crippen LogP contribution in [-0.4, -0.2) is 59.6 Å². The fourth-order valence-corrected chi connectivity index (χ4v) is 3.25. The molecule has 1 atom stereocenters. The third kappa shape index (κ3) is 3.72. The molecule has 0 saturated carbocycles. The lowest BCUT2D eigenvalue weighted by atomic mass is 9.88. The van der Waals surface area contributed by atoms with E-state index in [1.54, 1.807) is 0 Å². The highest BCUT2D eigenvalue weighted by atomic mass is 16.5. The summed E-state index contributed by atoms with van der Waals surface area (Å²) in [6, 6.07) is 5.90. The maximum atomic E-state index is 12.7. The lowest BCUT2D eigenvalue weighted by Gasteiger charge is -2.41. The molecule has 0 aromatic carbocycles. The molecule has 2 aliphatic heterocycles. The Morgan fingerprint density at radius 3 is 2.87 bits per heavy atom. The van der Waals surface area contributed by atoms with Crippen molar-refractivity contribution in [2.75, 3.05) is 32.8 Å². The monoisotopic (exact) mass is 317 g/mol. The van der Waals surface area contributed by atoms with Gasteiger partial charge >= 0.3 is 0 Å². The van der Waals surface area contributed by atoms with Gasteiger partial charge in [-0.05, 0) is 30.9 Å². The highest BCUT2D eigenvalue weighted by Gasteiger charge is 2.29. The summed E-state index contributed by atoms with van der Waals surface area (Å²) in [5.74, 6) is 1.57. The smallest absolute Gasteiger partial charge is 0.272 e. The summed E-state index contributed by atoms with van der Waals surface area (Å²) in [5.41, 5.74) is 1.54. The second-order valence-electron chi connectivity index (χ2n) is 7.13. The molecule has 2 aliphatic rings. The molecule has 0 bridgehead atoms. The van der Waals surface area contributed by atoms with Gasteiger partial charge in [-0.3, -0.25) is 9.69 Å². The number of carbonyl (C=O) groups excluding carboxylic acids is 1. The molecule has 0 N–H and O–H groups in total. The first-order valence-corrected chi connectivity index (χ1v) is 8.61. The van der Waals surface area contributed by atoms with Gasteiger partial charge in [0.2, 0.25) is 0 Å². The summed E-state index contributed by atoms with van der Waals surface area (Å²) in [6.07, 6.45) is 0. The quantitative estimate of drug-likeness (QED) is 0.852. The standard InChI is InChI=1S/C18H27N3O2/c1-13(2)15-9-20(10-15)11-16-5-4-6-17(19-16)18(22)21-7-8-23-12-14(21)3/h4-6,13-15H,7-12H2,1-3H3. The van der Waals surface area contributed by atoms with Crippen LogP contribution in [0.3, 0.4) is 0 Å². The Morgan fingerprint density at radius 2 is 2.17 bits per heavy atom. The van der Waals surface area contributed by atoms with Crippen LogP contribution < -0.4 is 0 Å². The van der Waals surface area contributed by atoms with Crippen LogP contribution in [0.15, 0.2) is 18.2 Å². The minimum Gasteiger partial charge on any atom is -0.377 e. The van der Waals surface area contributed by atoms with Crippen molar-refractivity contribution in [2.45, 2.75) is 33.4 Å². The van der Waals surface area contributed by atoms with Gasteiger partial charge in [-0.1, -0.05) is 19.9 Å². The maximum absolute atomic E-state index is 12.7. The van der Waals surface area contributed by atoms with Crippen LogP contribution in [0.2, 0.25) is 0 Å². The van der Waals surface area contributed by atoms with Gasteiger partial charge < -0.3 is 9.64 Å². The van der Waals surface area contributed by atoms with Crippen molar-refractivity contribution in [3.05, 3.63) is 29.6 Å². The highest BCUT2D eigenvalue weighted by Crippen LogP contribution is 2.24. The molecule has 1 aromatic rings. The molecule has 1 amide bonds. The zero-order valence-corrected chi connectivity index (χ0v) is 14.4. The van der Waals surface area contributed by atoms with E-state index < -0.39 is 0 Å². The predicted octanol–water partition coefficient (Wildman–Crippen LogP) is 2.03. The Morgan fingerprint density at radius 1 is 1.39 bits per heavy atom. The first-order chi connectivity index (χ1) is 11.0. The molecule has 1 unspecified atom stereocenters. The molecule has 3 heterocycles. The minimum atomic E-state index is 0.0197. The first-order valence-electron chi connectivity index (χ1n) is 8.61. The van der Waals surface area contributed by atoms with E-state index in [0.29, 0.717) is 25.5 Å². The normalized spacial score (nSPS) is 23.1. The van der Waals surface area contributed by atoms with Gasteiger partial charge in [-0.25, -0.2) is 4.98 Å². The van der Waals surface area contributed by atoms with Crippen molar-refractivity contribution in [3.63, 3.8) is 0 Å².